The van der Waals surface area contributed by atoms with Crippen molar-refractivity contribution in [1.29, 1.82) is 0 Å². The van der Waals surface area contributed by atoms with Crippen LogP contribution in [0, 0.1) is 0 Å². The largest absolute Gasteiger partial charge is 0.494 e. The van der Waals surface area contributed by atoms with Crippen LogP contribution in [0.15, 0.2) is 32.3 Å². The van der Waals surface area contributed by atoms with Gasteiger partial charge in [0.25, 0.3) is 5.56 Å². The minimum absolute atomic E-state index is 0.145. The normalized spacial score (nSPS) is 10.7. The Hall–Kier alpha value is -1.53. The average molecular weight is 346 g/mol. The maximum absolute atomic E-state index is 11.9. The molecule has 0 saturated heterocycles. The minimum atomic E-state index is -0.720. The lowest BCUT2D eigenvalue weighted by molar-refractivity contribution is 0.423. The summed E-state index contributed by atoms with van der Waals surface area (Å²) in [6.45, 7) is 1.71. The second-order valence-corrected chi connectivity index (χ2v) is 5.14. The van der Waals surface area contributed by atoms with Crippen molar-refractivity contribution in [3.8, 4) is 11.6 Å². The predicted octanol–water partition coefficient (Wildman–Crippen LogP) is 2.21. The smallest absolute Gasteiger partial charge is 0.335 e. The zero-order valence-corrected chi connectivity index (χ0v) is 12.2. The highest BCUT2D eigenvalue weighted by atomic mass is 79.9. The number of H-pyrrole nitrogens is 1. The molecule has 5 nitrogen and oxygen atoms in total. The molecule has 0 fully saturated rings. The third kappa shape index (κ3) is 2.46. The van der Waals surface area contributed by atoms with E-state index in [1.54, 1.807) is 19.1 Å². The van der Waals surface area contributed by atoms with Crippen molar-refractivity contribution in [2.45, 2.75) is 13.3 Å². The first-order valence-corrected chi connectivity index (χ1v) is 6.65. The van der Waals surface area contributed by atoms with Crippen LogP contribution in [0.3, 0.4) is 0 Å². The lowest BCUT2D eigenvalue weighted by Crippen LogP contribution is -2.31. The molecular formula is C12H10BrClN2O3. The Bertz CT molecular complexity index is 752. The summed E-state index contributed by atoms with van der Waals surface area (Å²) in [4.78, 5) is 25.6. The molecule has 0 spiro atoms. The van der Waals surface area contributed by atoms with Crippen molar-refractivity contribution in [3.63, 3.8) is 0 Å². The average Bonchev–Trinajstić information content (AvgIpc) is 2.33. The number of hydrogen-bond acceptors (Lipinski definition) is 3. The van der Waals surface area contributed by atoms with Gasteiger partial charge in [0.2, 0.25) is 5.88 Å². The predicted molar refractivity (Wildman–Crippen MR) is 76.4 cm³/mol. The zero-order valence-electron chi connectivity index (χ0n) is 9.91. The molecule has 1 aromatic heterocycles. The molecule has 0 saturated carbocycles. The number of aromatic amines is 1. The lowest BCUT2D eigenvalue weighted by atomic mass is 10.2. The van der Waals surface area contributed by atoms with Crippen LogP contribution < -0.4 is 11.2 Å². The van der Waals surface area contributed by atoms with E-state index in [-0.39, 0.29) is 11.4 Å². The summed E-state index contributed by atoms with van der Waals surface area (Å²) in [7, 11) is 0. The Morgan fingerprint density at radius 2 is 2.11 bits per heavy atom. The maximum Gasteiger partial charge on any atom is 0.335 e. The van der Waals surface area contributed by atoms with E-state index in [0.717, 1.165) is 4.57 Å². The van der Waals surface area contributed by atoms with Crippen LogP contribution >= 0.6 is 27.5 Å². The highest BCUT2D eigenvalue weighted by molar-refractivity contribution is 9.10. The standard InChI is InChI=1S/C12H10BrClN2O3/c1-2-7-10(17)15-12(19)16(11(7)18)9-5-6(14)3-4-8(9)13/h3-5,18H,2H2,1H3,(H,15,17,19). The molecule has 2 rings (SSSR count). The number of hydrogen-bond donors (Lipinski definition) is 2. The molecule has 0 aliphatic carbocycles. The first-order chi connectivity index (χ1) is 8.95. The van der Waals surface area contributed by atoms with Crippen LogP contribution in [-0.4, -0.2) is 14.7 Å². The van der Waals surface area contributed by atoms with E-state index in [4.69, 9.17) is 11.6 Å². The van der Waals surface area contributed by atoms with Crippen LogP contribution in [0.25, 0.3) is 5.69 Å². The van der Waals surface area contributed by atoms with E-state index in [0.29, 0.717) is 21.6 Å². The van der Waals surface area contributed by atoms with Gasteiger partial charge in [0.05, 0.1) is 11.3 Å². The van der Waals surface area contributed by atoms with Gasteiger partial charge in [0.15, 0.2) is 0 Å². The van der Waals surface area contributed by atoms with Crippen LogP contribution in [0.2, 0.25) is 5.02 Å². The Kier molecular flexibility index (Phi) is 3.82. The number of benzene rings is 1. The third-order valence-electron chi connectivity index (χ3n) is 2.68. The Labute approximate surface area is 121 Å². The van der Waals surface area contributed by atoms with Gasteiger partial charge in [-0.2, -0.15) is 0 Å². The van der Waals surface area contributed by atoms with E-state index in [1.165, 1.54) is 6.07 Å². The first-order valence-electron chi connectivity index (χ1n) is 5.48. The fourth-order valence-corrected chi connectivity index (χ4v) is 2.35. The van der Waals surface area contributed by atoms with Gasteiger partial charge < -0.3 is 5.11 Å². The van der Waals surface area contributed by atoms with Crippen LogP contribution in [0.1, 0.15) is 12.5 Å². The molecule has 0 radical (unpaired) electrons. The second-order valence-electron chi connectivity index (χ2n) is 3.85. The minimum Gasteiger partial charge on any atom is -0.494 e. The van der Waals surface area contributed by atoms with Crippen molar-refractivity contribution < 1.29 is 5.11 Å². The van der Waals surface area contributed by atoms with Crippen molar-refractivity contribution in [3.05, 3.63) is 54.1 Å². The number of nitrogens with one attached hydrogen (secondary N) is 1. The fraction of sp³-hybridized carbons (Fsp3) is 0.167. The van der Waals surface area contributed by atoms with E-state index in [9.17, 15) is 14.7 Å². The summed E-state index contributed by atoms with van der Waals surface area (Å²) in [6, 6.07) is 4.81. The molecule has 0 unspecified atom stereocenters. The van der Waals surface area contributed by atoms with Gasteiger partial charge in [-0.1, -0.05) is 18.5 Å². The highest BCUT2D eigenvalue weighted by Crippen LogP contribution is 2.27. The topological polar surface area (TPSA) is 75.1 Å². The van der Waals surface area contributed by atoms with Crippen LogP contribution in [0.4, 0.5) is 0 Å². The molecule has 0 amide bonds. The number of aromatic nitrogens is 2. The third-order valence-corrected chi connectivity index (χ3v) is 3.59. The van der Waals surface area contributed by atoms with Gasteiger partial charge in [-0.3, -0.25) is 9.78 Å². The molecule has 2 N–H and O–H groups in total. The Morgan fingerprint density at radius 1 is 1.42 bits per heavy atom. The van der Waals surface area contributed by atoms with Crippen molar-refractivity contribution >= 4 is 27.5 Å². The molecule has 19 heavy (non-hydrogen) atoms. The molecule has 7 heteroatoms. The molecule has 1 aromatic carbocycles. The lowest BCUT2D eigenvalue weighted by Gasteiger charge is -2.12. The highest BCUT2D eigenvalue weighted by Gasteiger charge is 2.16. The van der Waals surface area contributed by atoms with Gasteiger partial charge in [-0.05, 0) is 40.5 Å². The molecule has 2 aromatic rings. The van der Waals surface area contributed by atoms with Gasteiger partial charge in [0, 0.05) is 9.50 Å². The number of aromatic hydroxyl groups is 1. The Balaban J connectivity index is 2.86. The van der Waals surface area contributed by atoms with Crippen LogP contribution in [-0.2, 0) is 6.42 Å². The first kappa shape index (κ1) is 13.9. The number of halogens is 2. The van der Waals surface area contributed by atoms with E-state index >= 15 is 0 Å². The molecule has 0 aliphatic heterocycles. The summed E-state index contributed by atoms with van der Waals surface area (Å²) in [5, 5.41) is 10.5. The van der Waals surface area contributed by atoms with Crippen molar-refractivity contribution in [2.75, 3.05) is 0 Å². The molecule has 0 aliphatic rings. The van der Waals surface area contributed by atoms with Crippen molar-refractivity contribution in [2.24, 2.45) is 0 Å². The summed E-state index contributed by atoms with van der Waals surface area (Å²) in [6.07, 6.45) is 0.305. The van der Waals surface area contributed by atoms with E-state index < -0.39 is 11.2 Å². The summed E-state index contributed by atoms with van der Waals surface area (Å²) >= 11 is 9.17. The van der Waals surface area contributed by atoms with Gasteiger partial charge in [-0.15, -0.1) is 0 Å². The van der Waals surface area contributed by atoms with Crippen molar-refractivity contribution in [1.82, 2.24) is 9.55 Å². The molecule has 0 bridgehead atoms. The van der Waals surface area contributed by atoms with E-state index in [2.05, 4.69) is 20.9 Å². The molecule has 0 atom stereocenters. The molecule has 1 heterocycles. The number of nitrogens with zero attached hydrogens (tertiary/aromatic N) is 1. The zero-order chi connectivity index (χ0) is 14.2. The second kappa shape index (κ2) is 5.22. The summed E-state index contributed by atoms with van der Waals surface area (Å²) in [5.41, 5.74) is -0.797. The van der Waals surface area contributed by atoms with E-state index in [1.807, 2.05) is 0 Å². The monoisotopic (exact) mass is 344 g/mol. The van der Waals surface area contributed by atoms with Gasteiger partial charge in [0.1, 0.15) is 0 Å². The molecule has 100 valence electrons. The van der Waals surface area contributed by atoms with Gasteiger partial charge in [-0.25, -0.2) is 9.36 Å². The maximum atomic E-state index is 11.9. The summed E-state index contributed by atoms with van der Waals surface area (Å²) in [5.74, 6) is -0.376. The summed E-state index contributed by atoms with van der Waals surface area (Å²) < 4.78 is 1.58. The quantitative estimate of drug-likeness (QED) is 0.876. The molecular weight excluding hydrogens is 336 g/mol. The van der Waals surface area contributed by atoms with Crippen LogP contribution in [0.5, 0.6) is 5.88 Å². The SMILES string of the molecule is CCc1c(O)n(-c2cc(Cl)ccc2Br)c(=O)[nH]c1=O. The Morgan fingerprint density at radius 3 is 2.74 bits per heavy atom. The number of rotatable bonds is 2. The fourth-order valence-electron chi connectivity index (χ4n) is 1.76. The van der Waals surface area contributed by atoms with Gasteiger partial charge >= 0.3 is 5.69 Å².